The van der Waals surface area contributed by atoms with Gasteiger partial charge in [-0.15, -0.1) is 0 Å². The number of nitrogens with zero attached hydrogens (tertiary/aromatic N) is 2. The van der Waals surface area contributed by atoms with E-state index in [9.17, 15) is 4.79 Å². The van der Waals surface area contributed by atoms with Gasteiger partial charge in [-0.05, 0) is 37.1 Å². The van der Waals surface area contributed by atoms with E-state index in [0.29, 0.717) is 27.5 Å². The average Bonchev–Trinajstić information content (AvgIpc) is 2.70. The van der Waals surface area contributed by atoms with Gasteiger partial charge in [0.1, 0.15) is 0 Å². The molecule has 3 N–H and O–H groups in total. The lowest BCUT2D eigenvalue weighted by molar-refractivity contribution is 0.102. The Balaban J connectivity index is 0.000000667. The van der Waals surface area contributed by atoms with E-state index in [-0.39, 0.29) is 18.0 Å². The largest absolute Gasteiger partial charge is 0.393 e. The van der Waals surface area contributed by atoms with Crippen LogP contribution < -0.4 is 5.32 Å². The second kappa shape index (κ2) is 14.5. The number of aliphatic hydroxyl groups is 1. The molecule has 6 nitrogen and oxygen atoms in total. The minimum Gasteiger partial charge on any atom is -0.393 e. The zero-order chi connectivity index (χ0) is 19.9. The van der Waals surface area contributed by atoms with E-state index >= 15 is 0 Å². The van der Waals surface area contributed by atoms with Crippen LogP contribution in [0.15, 0.2) is 41.6 Å². The summed E-state index contributed by atoms with van der Waals surface area (Å²) in [5, 5.41) is 11.6. The Morgan fingerprint density at radius 3 is 2.27 bits per heavy atom. The number of aliphatic hydroxyl groups excluding tert-OH is 1. The molecule has 1 aromatic heterocycles. The summed E-state index contributed by atoms with van der Waals surface area (Å²) >= 11 is 6.31. The Bertz CT molecular complexity index is 641. The van der Waals surface area contributed by atoms with Crippen molar-refractivity contribution >= 4 is 35.5 Å². The summed E-state index contributed by atoms with van der Waals surface area (Å²) in [6.45, 7) is 7.96. The maximum atomic E-state index is 11.9. The molecule has 0 fully saturated rings. The van der Waals surface area contributed by atoms with Crippen molar-refractivity contribution in [1.29, 1.82) is 0 Å². The summed E-state index contributed by atoms with van der Waals surface area (Å²) in [6.07, 6.45) is 4.76. The van der Waals surface area contributed by atoms with Gasteiger partial charge in [-0.1, -0.05) is 39.3 Å². The van der Waals surface area contributed by atoms with E-state index < -0.39 is 0 Å². The van der Waals surface area contributed by atoms with Crippen LogP contribution in [-0.2, 0) is 0 Å². The van der Waals surface area contributed by atoms with Crippen LogP contribution in [0.1, 0.15) is 50.9 Å². The highest BCUT2D eigenvalue weighted by Crippen LogP contribution is 2.26. The van der Waals surface area contributed by atoms with E-state index in [1.165, 1.54) is 18.5 Å². The molecular weight excluding hydrogens is 374 g/mol. The third-order valence-electron chi connectivity index (χ3n) is 3.03. The van der Waals surface area contributed by atoms with Crippen LogP contribution in [0.2, 0.25) is 5.02 Å². The number of carbonyl (C=O) groups excluding carboxylic acids is 1. The summed E-state index contributed by atoms with van der Waals surface area (Å²) in [5.74, 6) is -0.149. The number of hydrogen-bond acceptors (Lipinski definition) is 6. The van der Waals surface area contributed by atoms with E-state index in [0.717, 1.165) is 12.8 Å². The summed E-state index contributed by atoms with van der Waals surface area (Å²) in [7, 11) is 0. The van der Waals surface area contributed by atoms with Crippen molar-refractivity contribution in [2.75, 3.05) is 5.32 Å². The van der Waals surface area contributed by atoms with Crippen molar-refractivity contribution in [2.45, 2.75) is 51.5 Å². The minimum atomic E-state index is -0.367. The van der Waals surface area contributed by atoms with Gasteiger partial charge in [0.05, 0.1) is 16.0 Å². The van der Waals surface area contributed by atoms with E-state index in [1.807, 2.05) is 27.7 Å². The maximum Gasteiger partial charge on any atom is 0.258 e. The summed E-state index contributed by atoms with van der Waals surface area (Å²) in [5.41, 5.74) is 0.364. The Kier molecular flexibility index (Phi) is 13.6. The third kappa shape index (κ3) is 9.15. The van der Waals surface area contributed by atoms with Crippen molar-refractivity contribution in [1.82, 2.24) is 9.97 Å². The number of carbonyl (C=O) groups is 1. The maximum absolute atomic E-state index is 11.9. The quantitative estimate of drug-likeness (QED) is 0.602. The first kappa shape index (κ1) is 24.3. The van der Waals surface area contributed by atoms with Crippen molar-refractivity contribution in [2.24, 2.45) is 0 Å². The molecule has 0 spiro atoms. The van der Waals surface area contributed by atoms with Crippen molar-refractivity contribution in [3.63, 3.8) is 0 Å². The lowest BCUT2D eigenvalue weighted by atomic mass is 10.2. The van der Waals surface area contributed by atoms with Gasteiger partial charge in [-0.2, -0.15) is 0 Å². The second-order valence-corrected chi connectivity index (χ2v) is 5.76. The molecule has 0 saturated heterocycles. The van der Waals surface area contributed by atoms with Crippen LogP contribution in [0, 0.1) is 0 Å². The highest BCUT2D eigenvalue weighted by Gasteiger charge is 2.10. The molecule has 0 aliphatic heterocycles. The fourth-order valence-electron chi connectivity index (χ4n) is 1.54. The molecule has 144 valence electrons. The Morgan fingerprint density at radius 2 is 1.81 bits per heavy atom. The number of rotatable bonds is 5. The van der Waals surface area contributed by atoms with E-state index in [2.05, 4.69) is 15.3 Å². The molecule has 0 atom stereocenters. The standard InChI is InChI=1S/C11H8ClN3O2S.C5H12O.C2H6/c12-8-3-2-7(6-9(8)18-17)10(16)15-11-13-4-1-5-14-11;1-3-5(6)4-2;1-2/h1-6,17H,(H,13,14,15,16);5-6H,3-4H2,1-2H3;1-2H3. The summed E-state index contributed by atoms with van der Waals surface area (Å²) < 4.78 is 8.99. The van der Waals surface area contributed by atoms with Gasteiger partial charge in [0.2, 0.25) is 5.95 Å². The monoisotopic (exact) mass is 399 g/mol. The molecule has 8 heteroatoms. The predicted octanol–water partition coefficient (Wildman–Crippen LogP) is 5.14. The molecule has 0 bridgehead atoms. The summed E-state index contributed by atoms with van der Waals surface area (Å²) in [4.78, 5) is 20.0. The zero-order valence-corrected chi connectivity index (χ0v) is 17.0. The number of halogens is 1. The highest BCUT2D eigenvalue weighted by atomic mass is 35.5. The number of amides is 1. The van der Waals surface area contributed by atoms with Gasteiger partial charge < -0.3 is 9.66 Å². The third-order valence-corrected chi connectivity index (χ3v) is 4.00. The van der Waals surface area contributed by atoms with Crippen LogP contribution >= 0.6 is 23.6 Å². The number of aromatic nitrogens is 2. The SMILES string of the molecule is CC.CCC(O)CC.O=C(Nc1ncccn1)c1ccc(Cl)c(SO)c1. The molecule has 1 amide bonds. The molecule has 0 aliphatic rings. The topological polar surface area (TPSA) is 95.3 Å². The molecule has 1 heterocycles. The molecule has 1 aromatic carbocycles. The normalized spacial score (nSPS) is 9.54. The van der Waals surface area contributed by atoms with Gasteiger partial charge in [-0.25, -0.2) is 9.97 Å². The van der Waals surface area contributed by atoms with Crippen molar-refractivity contribution in [3.05, 3.63) is 47.2 Å². The minimum absolute atomic E-state index is 0.0648. The molecule has 26 heavy (non-hydrogen) atoms. The Morgan fingerprint density at radius 1 is 1.23 bits per heavy atom. The number of anilines is 1. The van der Waals surface area contributed by atoms with E-state index in [1.54, 1.807) is 18.2 Å². The molecule has 0 radical (unpaired) electrons. The van der Waals surface area contributed by atoms with Gasteiger partial charge in [-0.3, -0.25) is 10.1 Å². The molecule has 2 rings (SSSR count). The van der Waals surface area contributed by atoms with Crippen LogP contribution in [0.5, 0.6) is 0 Å². The van der Waals surface area contributed by atoms with Gasteiger partial charge in [0.25, 0.3) is 5.91 Å². The van der Waals surface area contributed by atoms with Crippen molar-refractivity contribution in [3.8, 4) is 0 Å². The van der Waals surface area contributed by atoms with Crippen LogP contribution in [0.3, 0.4) is 0 Å². The van der Waals surface area contributed by atoms with Crippen LogP contribution in [0.25, 0.3) is 0 Å². The second-order valence-electron chi connectivity index (χ2n) is 4.73. The van der Waals surface area contributed by atoms with Crippen LogP contribution in [0.4, 0.5) is 5.95 Å². The molecular formula is C18H26ClN3O3S. The Hall–Kier alpha value is -1.67. The number of nitrogens with one attached hydrogen (secondary N) is 1. The molecule has 0 aliphatic carbocycles. The number of benzene rings is 1. The van der Waals surface area contributed by atoms with E-state index in [4.69, 9.17) is 21.3 Å². The molecule has 0 unspecified atom stereocenters. The zero-order valence-electron chi connectivity index (χ0n) is 15.4. The van der Waals surface area contributed by atoms with Gasteiger partial charge >= 0.3 is 0 Å². The predicted molar refractivity (Wildman–Crippen MR) is 108 cm³/mol. The smallest absolute Gasteiger partial charge is 0.258 e. The average molecular weight is 400 g/mol. The first-order valence-corrected chi connectivity index (χ1v) is 9.54. The molecule has 0 saturated carbocycles. The lowest BCUT2D eigenvalue weighted by Gasteiger charge is -2.05. The van der Waals surface area contributed by atoms with Gasteiger partial charge in [0, 0.05) is 30.0 Å². The fraction of sp³-hybridized carbons (Fsp3) is 0.389. The first-order chi connectivity index (χ1) is 12.5. The number of hydrogen-bond donors (Lipinski definition) is 3. The summed E-state index contributed by atoms with van der Waals surface area (Å²) in [6, 6.07) is 6.24. The van der Waals surface area contributed by atoms with Crippen LogP contribution in [-0.4, -0.2) is 31.6 Å². The van der Waals surface area contributed by atoms with Gasteiger partial charge in [0.15, 0.2) is 0 Å². The Labute approximate surface area is 164 Å². The lowest BCUT2D eigenvalue weighted by Crippen LogP contribution is -2.13. The highest BCUT2D eigenvalue weighted by molar-refractivity contribution is 7.93. The molecule has 2 aromatic rings. The first-order valence-electron chi connectivity index (χ1n) is 8.39. The van der Waals surface area contributed by atoms with Crippen molar-refractivity contribution < 1.29 is 14.5 Å². The fourth-order valence-corrected chi connectivity index (χ4v) is 2.10.